The first-order valence-corrected chi connectivity index (χ1v) is 57.0. The van der Waals surface area contributed by atoms with E-state index in [9.17, 15) is 164 Å². The highest BCUT2D eigenvalue weighted by Gasteiger charge is 2.52. The molecule has 6 aliphatic rings. The maximum atomic E-state index is 12.9. The molecule has 10 heterocycles. The Kier molecular flexibility index (Phi) is 41.3. The van der Waals surface area contributed by atoms with Crippen LogP contribution in [0.15, 0.2) is 142 Å². The minimum absolute atomic E-state index is 0.0483. The molecule has 138 heavy (non-hydrogen) atoms. The summed E-state index contributed by atoms with van der Waals surface area (Å²) in [4.78, 5) is 244. The standard InChI is InChI=1S/C17H22N2O11P2.C13H22N2O11P2.C12H20N2O11P2.C11H18N2O11P2.C11H18N2O10P2/c20-13-6-7-18(17(23)19(13)8-11-4-2-1-3-5-11)16-15(22)14(21)12(30-16)9-29-32(27,28)10-31(24,25)26;1-2-4-14-9(16)3-5-15(13(14)19)12-11(18)10(17)8(26-12)6-25-28(23,24)7-27(20,21)22;1-2-13-8(15)3-4-14(12(13)18)11-10(17)9(16)7(25-11)5-24-27(22,23)6-26(19,20)21;1-12-7(14)2-3-13(11(12)17)10-9(16)8(15)6(24-10)4-23-26(21,22)5-25(18,19)20;1-6-12-8(14)2-3-13(6)11-10(16)9(15)7(23-11)4-22-25(20,21)5-24(17,18)19/h1-7,12,14-16,21-22H,8-10H2,(H,27,28)(H2,24,25,26);3,5,8,10-12,17-18H,2,4,6-7H2,1H3,(H,23,24)(H2,20,21,22);3-4,7,9-11,16-17H,2,5-6H2,1H3,(H,22,23)(H2,19,20,21);2-3,6,8-10,15-16H,4-5H2,1H3,(H,21,22)(H2,18,19,20);2-3,7,9-11,15-16H,1,4-5H2,(H,12,14)(H,20,21)(H2,17,18,19)/t12-,14+,15?,16-;8-,10+,11?,12-;7-,9+,10?,11-;6-,8+,9?,10-;7-,9+,10?,11-/m11111/s1. The van der Waals surface area contributed by atoms with Gasteiger partial charge in [-0.05, 0) is 18.9 Å². The SMILES string of the molecule is C=C1NC(=O)C=CN1[C@@H]1O[C@H](COP(=O)(O)CP(=O)(O)O)[C@H](O)C1O.CCCn1c(=O)ccn([C@@H]2O[C@H](COP(=O)(O)CP(=O)(O)O)[C@H](O)C2O)c1=O.CCn1c(=O)ccn([C@@H]2O[C@H](COP(=O)(O)CP(=O)(O)O)[C@H](O)C2O)c1=O.Cn1c(=O)ccn([C@@H]2O[C@H](COP(=O)(O)CP(=O)(O)O)[C@H](O)C2O)c1=O.O=c1ccn([C@@H]2O[C@H](COP(=O)(O)CP(=O)(O)O)[C@H](O)C2O)c(=O)n1Cc1ccccc1. The second kappa shape index (κ2) is 48.1. The summed E-state index contributed by atoms with van der Waals surface area (Å²) >= 11 is 0. The van der Waals surface area contributed by atoms with Crippen LogP contribution in [0.4, 0.5) is 0 Å². The molecule has 1 amide bonds. The quantitative estimate of drug-likeness (QED) is 0.0168. The number of carbonyl (C=O) groups excluding carboxylic acids is 1. The summed E-state index contributed by atoms with van der Waals surface area (Å²) in [6.07, 6.45) is -22.4. The van der Waals surface area contributed by atoms with Crippen molar-refractivity contribution in [2.45, 2.75) is 163 Å². The van der Waals surface area contributed by atoms with Crippen LogP contribution in [0, 0.1) is 0 Å². The largest absolute Gasteiger partial charge is 0.387 e. The third kappa shape index (κ3) is 33.9. The molecule has 780 valence electrons. The number of hydrogen-bond donors (Lipinski definition) is 26. The van der Waals surface area contributed by atoms with Crippen LogP contribution >= 0.6 is 76.0 Å². The van der Waals surface area contributed by atoms with Crippen LogP contribution in [0.2, 0.25) is 0 Å². The van der Waals surface area contributed by atoms with E-state index in [0.29, 0.717) is 12.0 Å². The van der Waals surface area contributed by atoms with Gasteiger partial charge in [-0.3, -0.25) is 106 Å². The number of aliphatic hydroxyl groups excluding tert-OH is 10. The number of amides is 1. The van der Waals surface area contributed by atoms with Crippen LogP contribution in [0.5, 0.6) is 0 Å². The van der Waals surface area contributed by atoms with E-state index in [2.05, 4.69) is 34.5 Å². The lowest BCUT2D eigenvalue weighted by atomic mass is 10.1. The molecule has 25 atom stereocenters. The van der Waals surface area contributed by atoms with Gasteiger partial charge in [0, 0.05) is 81.5 Å². The highest BCUT2D eigenvalue weighted by atomic mass is 31.3. The van der Waals surface area contributed by atoms with Crippen LogP contribution < -0.4 is 50.3 Å². The number of benzene rings is 1. The molecule has 74 heteroatoms. The summed E-state index contributed by atoms with van der Waals surface area (Å²) in [5.74, 6) is -7.43. The highest BCUT2D eigenvalue weighted by molar-refractivity contribution is 7.71. The number of aromatic nitrogens is 8. The number of ether oxygens (including phenoxy) is 5. The minimum Gasteiger partial charge on any atom is -0.387 e. The van der Waals surface area contributed by atoms with E-state index in [0.717, 1.165) is 91.7 Å². The van der Waals surface area contributed by atoms with Gasteiger partial charge in [-0.2, -0.15) is 0 Å². The van der Waals surface area contributed by atoms with Crippen molar-refractivity contribution in [3.05, 3.63) is 193 Å². The molecule has 0 saturated carbocycles. The van der Waals surface area contributed by atoms with E-state index in [1.807, 2.05) is 0 Å². The molecule has 0 spiro atoms. The number of nitrogens with zero attached hydrogens (tertiary/aromatic N) is 9. The molecule has 5 aromatic rings. The fourth-order valence-electron chi connectivity index (χ4n) is 13.1. The van der Waals surface area contributed by atoms with Crippen LogP contribution in [0.3, 0.4) is 0 Å². The van der Waals surface area contributed by atoms with E-state index in [1.165, 1.54) is 18.1 Å². The molecular formula is C64H100N10O54P10. The third-order valence-corrected chi connectivity index (χ3v) is 36.8. The Bertz CT molecular complexity index is 6200. The monoisotopic (exact) mass is 2180 g/mol. The Labute approximate surface area is 771 Å². The summed E-state index contributed by atoms with van der Waals surface area (Å²) < 4.78 is 169. The van der Waals surface area contributed by atoms with Crippen molar-refractivity contribution < 1.29 is 221 Å². The minimum atomic E-state index is -4.85. The van der Waals surface area contributed by atoms with Gasteiger partial charge in [0.25, 0.3) is 28.1 Å². The van der Waals surface area contributed by atoms with Crippen molar-refractivity contribution in [1.82, 2.24) is 46.8 Å². The smallest absolute Gasteiger partial charge is 0.340 e. The van der Waals surface area contributed by atoms with Crippen molar-refractivity contribution in [2.24, 2.45) is 7.05 Å². The van der Waals surface area contributed by atoms with E-state index in [4.69, 9.17) is 72.6 Å². The zero-order valence-electron chi connectivity index (χ0n) is 71.3. The summed E-state index contributed by atoms with van der Waals surface area (Å²) in [5.41, 5.74) is -4.86. The topological polar surface area (TPSA) is 977 Å². The second-order valence-electron chi connectivity index (χ2n) is 30.5. The summed E-state index contributed by atoms with van der Waals surface area (Å²) in [6.45, 7) is 3.22. The van der Waals surface area contributed by atoms with Crippen LogP contribution in [-0.2, 0) is 123 Å². The third-order valence-electron chi connectivity index (χ3n) is 19.5. The molecule has 26 N–H and O–H groups in total. The average Bonchev–Trinajstić information content (AvgIpc) is 1.65. The van der Waals surface area contributed by atoms with Crippen molar-refractivity contribution in [3.8, 4) is 0 Å². The molecular weight excluding hydrogens is 2080 g/mol. The number of aliphatic hydroxyl groups is 10. The van der Waals surface area contributed by atoms with Gasteiger partial charge in [0.15, 0.2) is 60.7 Å². The molecule has 5 fully saturated rings. The molecule has 6 aliphatic heterocycles. The maximum Gasteiger partial charge on any atom is 0.340 e. The van der Waals surface area contributed by atoms with E-state index < -0.39 is 312 Å². The van der Waals surface area contributed by atoms with Crippen LogP contribution in [0.1, 0.15) is 50.7 Å². The normalized spacial score (nSPS) is 28.4. The second-order valence-corrected chi connectivity index (χ2v) is 50.5. The lowest BCUT2D eigenvalue weighted by Crippen LogP contribution is -2.46. The highest BCUT2D eigenvalue weighted by Crippen LogP contribution is 2.60. The first-order chi connectivity index (χ1) is 63.3. The predicted octanol–water partition coefficient (Wildman–Crippen LogP) is -8.93. The molecule has 64 nitrogen and oxygen atoms in total. The lowest BCUT2D eigenvalue weighted by molar-refractivity contribution is -0.118. The summed E-state index contributed by atoms with van der Waals surface area (Å²) in [6, 6.07) is 12.9. The molecule has 0 bridgehead atoms. The fraction of sp³-hybridized carbons (Fsp3) is 0.578. The number of nitrogens with one attached hydrogen (secondary N) is 1. The van der Waals surface area contributed by atoms with Crippen LogP contribution in [0.25, 0.3) is 0 Å². The van der Waals surface area contributed by atoms with E-state index in [-0.39, 0.29) is 25.5 Å². The van der Waals surface area contributed by atoms with Gasteiger partial charge in [-0.1, -0.05) is 43.8 Å². The van der Waals surface area contributed by atoms with Gasteiger partial charge < -0.3 is 181 Å². The molecule has 4 aromatic heterocycles. The van der Waals surface area contributed by atoms with Crippen molar-refractivity contribution >= 4 is 81.9 Å². The first-order valence-electron chi connectivity index (χ1n) is 39.2. The van der Waals surface area contributed by atoms with E-state index in [1.54, 1.807) is 44.2 Å². The van der Waals surface area contributed by atoms with Gasteiger partial charge in [0.2, 0.25) is 0 Å². The van der Waals surface area contributed by atoms with Crippen molar-refractivity contribution in [3.63, 3.8) is 0 Å². The van der Waals surface area contributed by atoms with Gasteiger partial charge in [-0.15, -0.1) is 0 Å². The summed E-state index contributed by atoms with van der Waals surface area (Å²) in [7, 11) is -46.3. The Morgan fingerprint density at radius 3 is 0.899 bits per heavy atom. The molecule has 0 aliphatic carbocycles. The predicted molar refractivity (Wildman–Crippen MR) is 458 cm³/mol. The van der Waals surface area contributed by atoms with Gasteiger partial charge in [-0.25, -0.2) is 19.2 Å². The van der Waals surface area contributed by atoms with Gasteiger partial charge in [0.1, 0.15) is 97.4 Å². The molecule has 1 aromatic carbocycles. The average molecular weight is 2180 g/mol. The van der Waals surface area contributed by atoms with E-state index >= 15 is 0 Å². The molecule has 5 saturated heterocycles. The number of rotatable bonds is 35. The zero-order chi connectivity index (χ0) is 104. The maximum absolute atomic E-state index is 12.9. The Morgan fingerprint density at radius 1 is 0.348 bits per heavy atom. The van der Waals surface area contributed by atoms with Gasteiger partial charge in [0.05, 0.1) is 39.6 Å². The van der Waals surface area contributed by atoms with Crippen molar-refractivity contribution in [2.75, 3.05) is 62.5 Å². The van der Waals surface area contributed by atoms with Crippen molar-refractivity contribution in [1.29, 1.82) is 0 Å². The fourth-order valence-corrected chi connectivity index (χ4v) is 26.0. The summed E-state index contributed by atoms with van der Waals surface area (Å²) in [5, 5.41) is 103. The molecule has 10 unspecified atom stereocenters. The Morgan fingerprint density at radius 2 is 0.609 bits per heavy atom. The first kappa shape index (κ1) is 119. The number of carbonyl (C=O) groups is 1. The van der Waals surface area contributed by atoms with Gasteiger partial charge >= 0.3 is 98.7 Å². The lowest BCUT2D eigenvalue weighted by Gasteiger charge is -2.32. The van der Waals surface area contributed by atoms with Crippen LogP contribution in [-0.4, -0.2) is 332 Å². The Hall–Kier alpha value is -6.41. The molecule has 11 rings (SSSR count). The molecule has 0 radical (unpaired) electrons. The zero-order valence-corrected chi connectivity index (χ0v) is 80.3. The number of hydrogen-bond acceptors (Lipinski definition) is 40. The Balaban J connectivity index is 0.000000235.